The Balaban J connectivity index is 1.66. The third kappa shape index (κ3) is 2.62. The minimum absolute atomic E-state index is 0.0218. The van der Waals surface area contributed by atoms with Gasteiger partial charge in [-0.2, -0.15) is 0 Å². The van der Waals surface area contributed by atoms with Crippen molar-refractivity contribution in [3.8, 4) is 0 Å². The first-order chi connectivity index (χ1) is 12.5. The van der Waals surface area contributed by atoms with E-state index in [1.54, 1.807) is 6.08 Å². The summed E-state index contributed by atoms with van der Waals surface area (Å²) < 4.78 is 0. The summed E-state index contributed by atoms with van der Waals surface area (Å²) >= 11 is 0. The van der Waals surface area contributed by atoms with E-state index in [9.17, 15) is 0 Å². The Morgan fingerprint density at radius 3 is 2.54 bits per heavy atom. The van der Waals surface area contributed by atoms with Gasteiger partial charge in [-0.25, -0.2) is 0 Å². The van der Waals surface area contributed by atoms with E-state index in [4.69, 9.17) is 11.1 Å². The van der Waals surface area contributed by atoms with Crippen LogP contribution in [0.1, 0.15) is 42.9 Å². The highest BCUT2D eigenvalue weighted by Gasteiger charge is 2.41. The maximum atomic E-state index is 8.31. The molecule has 26 heavy (non-hydrogen) atoms. The number of benzene rings is 2. The first kappa shape index (κ1) is 16.6. The van der Waals surface area contributed by atoms with Crippen LogP contribution < -0.4 is 5.73 Å². The lowest BCUT2D eigenvalue weighted by Gasteiger charge is -2.27. The molecule has 130 valence electrons. The Bertz CT molecular complexity index is 959. The molecule has 3 N–H and O–H groups in total. The minimum Gasteiger partial charge on any atom is -0.398 e. The largest absolute Gasteiger partial charge is 0.398 e. The summed E-state index contributed by atoms with van der Waals surface area (Å²) in [5.41, 5.74) is 13.7. The maximum absolute atomic E-state index is 8.31. The van der Waals surface area contributed by atoms with Crippen molar-refractivity contribution < 1.29 is 0 Å². The van der Waals surface area contributed by atoms with Crippen LogP contribution in [0.25, 0.3) is 0 Å². The zero-order valence-corrected chi connectivity index (χ0v) is 15.3. The molecule has 0 heterocycles. The summed E-state index contributed by atoms with van der Waals surface area (Å²) in [7, 11) is 0. The second-order valence-corrected chi connectivity index (χ2v) is 7.64. The zero-order chi connectivity index (χ0) is 18.3. The van der Waals surface area contributed by atoms with Gasteiger partial charge in [-0.1, -0.05) is 86.2 Å². The molecule has 0 radical (unpaired) electrons. The van der Waals surface area contributed by atoms with Crippen LogP contribution in [0, 0.1) is 5.41 Å². The molecule has 0 aliphatic heterocycles. The molecule has 0 spiro atoms. The van der Waals surface area contributed by atoms with E-state index >= 15 is 0 Å². The molecule has 2 aliphatic carbocycles. The van der Waals surface area contributed by atoms with Gasteiger partial charge in [-0.3, -0.25) is 0 Å². The van der Waals surface area contributed by atoms with Gasteiger partial charge in [0, 0.05) is 17.0 Å². The van der Waals surface area contributed by atoms with E-state index in [-0.39, 0.29) is 5.41 Å². The van der Waals surface area contributed by atoms with Crippen LogP contribution >= 0.6 is 0 Å². The first-order valence-electron chi connectivity index (χ1n) is 9.11. The number of nitrogens with one attached hydrogen (secondary N) is 1. The Kier molecular flexibility index (Phi) is 3.91. The lowest BCUT2D eigenvalue weighted by atomic mass is 9.77. The van der Waals surface area contributed by atoms with Crippen molar-refractivity contribution in [2.75, 3.05) is 0 Å². The quantitative estimate of drug-likeness (QED) is 0.739. The minimum atomic E-state index is 0.0218. The standard InChI is InChI=1S/C24H24N2/c1-24(2)20-11-7-6-10-18(20)19-13-12-17(14-21(19)24)23(26)15-22(25)16-8-4-3-5-9-16/h3-12,14-15,19,25H,13,26H2,1-2H3/b23-15-,25-22?. The third-order valence-electron chi connectivity index (χ3n) is 5.71. The molecule has 2 aromatic carbocycles. The Morgan fingerprint density at radius 2 is 1.77 bits per heavy atom. The maximum Gasteiger partial charge on any atom is 0.0632 e. The molecule has 1 unspecified atom stereocenters. The molecular formula is C24H24N2. The number of nitrogens with two attached hydrogens (primary N) is 1. The van der Waals surface area contributed by atoms with Gasteiger partial charge in [0.25, 0.3) is 0 Å². The van der Waals surface area contributed by atoms with E-state index in [2.05, 4.69) is 50.3 Å². The SMILES string of the molecule is CC1(C)C2=CC(/C(N)=C/C(=N)c3ccccc3)=CCC2c2ccccc21. The fraction of sp³-hybridized carbons (Fsp3) is 0.208. The van der Waals surface area contributed by atoms with Crippen molar-refractivity contribution >= 4 is 5.71 Å². The van der Waals surface area contributed by atoms with Crippen molar-refractivity contribution in [1.82, 2.24) is 0 Å². The molecule has 0 bridgehead atoms. The predicted octanol–water partition coefficient (Wildman–Crippen LogP) is 5.23. The van der Waals surface area contributed by atoms with E-state index < -0.39 is 0 Å². The summed E-state index contributed by atoms with van der Waals surface area (Å²) in [6.45, 7) is 4.60. The van der Waals surface area contributed by atoms with Gasteiger partial charge < -0.3 is 11.1 Å². The summed E-state index contributed by atoms with van der Waals surface area (Å²) in [5, 5.41) is 8.31. The van der Waals surface area contributed by atoms with Crippen molar-refractivity contribution in [1.29, 1.82) is 5.41 Å². The molecule has 0 fully saturated rings. The van der Waals surface area contributed by atoms with Crippen LogP contribution in [-0.2, 0) is 5.41 Å². The monoisotopic (exact) mass is 340 g/mol. The number of fused-ring (bicyclic) bond motifs is 3. The molecule has 0 saturated heterocycles. The highest BCUT2D eigenvalue weighted by Crippen LogP contribution is 2.53. The molecule has 4 rings (SSSR count). The van der Waals surface area contributed by atoms with Gasteiger partial charge in [0.1, 0.15) is 0 Å². The highest BCUT2D eigenvalue weighted by molar-refractivity contribution is 6.07. The molecule has 1 atom stereocenters. The normalized spacial score (nSPS) is 20.7. The van der Waals surface area contributed by atoms with Crippen LogP contribution in [-0.4, -0.2) is 5.71 Å². The van der Waals surface area contributed by atoms with Crippen molar-refractivity contribution in [3.05, 3.63) is 106 Å². The van der Waals surface area contributed by atoms with Gasteiger partial charge in [0.2, 0.25) is 0 Å². The topological polar surface area (TPSA) is 49.9 Å². The first-order valence-corrected chi connectivity index (χ1v) is 9.11. The fourth-order valence-corrected chi connectivity index (χ4v) is 4.28. The second kappa shape index (κ2) is 6.14. The third-order valence-corrected chi connectivity index (χ3v) is 5.71. The predicted molar refractivity (Wildman–Crippen MR) is 109 cm³/mol. The van der Waals surface area contributed by atoms with Crippen molar-refractivity contribution in [3.63, 3.8) is 0 Å². The van der Waals surface area contributed by atoms with Crippen molar-refractivity contribution in [2.45, 2.75) is 31.6 Å². The van der Waals surface area contributed by atoms with E-state index in [0.29, 0.717) is 17.3 Å². The lowest BCUT2D eigenvalue weighted by molar-refractivity contribution is 0.610. The van der Waals surface area contributed by atoms with Gasteiger partial charge in [0.05, 0.1) is 5.71 Å². The van der Waals surface area contributed by atoms with Crippen LogP contribution in [0.3, 0.4) is 0 Å². The van der Waals surface area contributed by atoms with Gasteiger partial charge >= 0.3 is 0 Å². The molecular weight excluding hydrogens is 316 g/mol. The van der Waals surface area contributed by atoms with E-state index in [1.807, 2.05) is 30.3 Å². The zero-order valence-electron chi connectivity index (χ0n) is 15.3. The molecule has 2 aliphatic rings. The highest BCUT2D eigenvalue weighted by atomic mass is 14.6. The van der Waals surface area contributed by atoms with Gasteiger partial charge in [0.15, 0.2) is 0 Å². The number of rotatable bonds is 3. The van der Waals surface area contributed by atoms with E-state index in [1.165, 1.54) is 16.7 Å². The van der Waals surface area contributed by atoms with Crippen LogP contribution in [0.4, 0.5) is 0 Å². The molecule has 0 amide bonds. The molecule has 0 saturated carbocycles. The molecule has 2 aromatic rings. The average Bonchev–Trinajstić information content (AvgIpc) is 2.90. The average molecular weight is 340 g/mol. The number of allylic oxidation sites excluding steroid dienone is 4. The summed E-state index contributed by atoms with van der Waals surface area (Å²) in [6, 6.07) is 18.5. The second-order valence-electron chi connectivity index (χ2n) is 7.64. The Morgan fingerprint density at radius 1 is 1.08 bits per heavy atom. The van der Waals surface area contributed by atoms with Crippen molar-refractivity contribution in [2.24, 2.45) is 5.73 Å². The number of hydrogen-bond acceptors (Lipinski definition) is 2. The molecule has 0 aromatic heterocycles. The number of hydrogen-bond donors (Lipinski definition) is 2. The van der Waals surface area contributed by atoms with E-state index in [0.717, 1.165) is 17.6 Å². The summed E-state index contributed by atoms with van der Waals surface area (Å²) in [6.07, 6.45) is 7.21. The smallest absolute Gasteiger partial charge is 0.0632 e. The van der Waals surface area contributed by atoms with Gasteiger partial charge in [-0.05, 0) is 34.8 Å². The summed E-state index contributed by atoms with van der Waals surface area (Å²) in [5.74, 6) is 0.450. The van der Waals surface area contributed by atoms with Crippen LogP contribution in [0.5, 0.6) is 0 Å². The lowest BCUT2D eigenvalue weighted by Crippen LogP contribution is -2.19. The van der Waals surface area contributed by atoms with Crippen LogP contribution in [0.2, 0.25) is 0 Å². The molecule has 2 nitrogen and oxygen atoms in total. The summed E-state index contributed by atoms with van der Waals surface area (Å²) in [4.78, 5) is 0. The van der Waals surface area contributed by atoms with Gasteiger partial charge in [-0.15, -0.1) is 0 Å². The Hall–Kier alpha value is -2.87. The Labute approximate surface area is 155 Å². The fourth-order valence-electron chi connectivity index (χ4n) is 4.28. The van der Waals surface area contributed by atoms with Crippen LogP contribution in [0.15, 0.2) is 89.7 Å². The molecule has 2 heteroatoms.